The molecule has 1 saturated heterocycles. The highest BCUT2D eigenvalue weighted by Crippen LogP contribution is 2.35. The molecule has 0 aromatic heterocycles. The molecule has 0 amide bonds. The van der Waals surface area contributed by atoms with Gasteiger partial charge in [-0.15, -0.1) is 0 Å². The maximum Gasteiger partial charge on any atom is 0.144 e. The molecule has 7 nitrogen and oxygen atoms in total. The summed E-state index contributed by atoms with van der Waals surface area (Å²) in [5, 5.41) is 15.9. The van der Waals surface area contributed by atoms with Gasteiger partial charge in [0.2, 0.25) is 0 Å². The fraction of sp³-hybridized carbons (Fsp3) is 0.333. The summed E-state index contributed by atoms with van der Waals surface area (Å²) >= 11 is 0. The van der Waals surface area contributed by atoms with Crippen LogP contribution in [0.5, 0.6) is 0 Å². The van der Waals surface area contributed by atoms with E-state index in [4.69, 9.17) is 15.2 Å². The summed E-state index contributed by atoms with van der Waals surface area (Å²) in [5.74, 6) is 0.347. The molecule has 25 heavy (non-hydrogen) atoms. The van der Waals surface area contributed by atoms with Gasteiger partial charge in [0.15, 0.2) is 0 Å². The molecular weight excluding hydrogens is 318 g/mol. The van der Waals surface area contributed by atoms with E-state index in [0.717, 1.165) is 35.7 Å². The lowest BCUT2D eigenvalue weighted by molar-refractivity contribution is 0.122. The highest BCUT2D eigenvalue weighted by Gasteiger charge is 2.29. The first-order valence-corrected chi connectivity index (χ1v) is 8.27. The monoisotopic (exact) mass is 337 g/mol. The van der Waals surface area contributed by atoms with Crippen molar-refractivity contribution >= 4 is 17.1 Å². The number of para-hydroxylation sites is 2. The molecule has 1 aromatic carbocycles. The minimum atomic E-state index is 0.347. The third kappa shape index (κ3) is 2.76. The summed E-state index contributed by atoms with van der Waals surface area (Å²) in [5.41, 5.74) is 10.2. The molecule has 1 aromatic rings. The molecule has 0 saturated carbocycles. The maximum atomic E-state index is 9.60. The van der Waals surface area contributed by atoms with Gasteiger partial charge in [0, 0.05) is 18.7 Å². The normalized spacial score (nSPS) is 20.6. The van der Waals surface area contributed by atoms with Gasteiger partial charge in [0.05, 0.1) is 43.5 Å². The molecule has 3 heterocycles. The molecule has 4 rings (SSSR count). The summed E-state index contributed by atoms with van der Waals surface area (Å²) in [6.45, 7) is 3.85. The quantitative estimate of drug-likeness (QED) is 0.876. The van der Waals surface area contributed by atoms with Gasteiger partial charge in [-0.2, -0.15) is 10.4 Å². The fourth-order valence-electron chi connectivity index (χ4n) is 3.26. The van der Waals surface area contributed by atoms with Crippen molar-refractivity contribution in [3.63, 3.8) is 0 Å². The lowest BCUT2D eigenvalue weighted by atomic mass is 9.99. The number of fused-ring (bicyclic) bond motifs is 1. The number of anilines is 2. The number of rotatable bonds is 2. The first-order chi connectivity index (χ1) is 12.3. The number of ether oxygens (including phenoxy) is 2. The van der Waals surface area contributed by atoms with Gasteiger partial charge in [-0.3, -0.25) is 0 Å². The van der Waals surface area contributed by atoms with E-state index in [1.165, 1.54) is 0 Å². The van der Waals surface area contributed by atoms with E-state index in [2.05, 4.69) is 16.1 Å². The van der Waals surface area contributed by atoms with Crippen molar-refractivity contribution < 1.29 is 9.47 Å². The highest BCUT2D eigenvalue weighted by molar-refractivity contribution is 6.08. The number of benzene rings is 1. The standard InChI is InChI=1S/C18H19N5O2/c19-11-14-13-5-8-25-12-15(13)21-23(18(14)20)17-4-2-1-3-16(17)22-6-9-24-10-7-22/h1-5H,6-10,12,20H2. The number of allylic oxidation sites excluding steroid dienone is 1. The topological polar surface area (TPSA) is 87.1 Å². The maximum absolute atomic E-state index is 9.60. The number of morpholine rings is 1. The zero-order chi connectivity index (χ0) is 17.2. The predicted octanol–water partition coefficient (Wildman–Crippen LogP) is 1.35. The van der Waals surface area contributed by atoms with Crippen molar-refractivity contribution in [3.05, 3.63) is 47.3 Å². The van der Waals surface area contributed by atoms with Crippen LogP contribution < -0.4 is 15.6 Å². The van der Waals surface area contributed by atoms with E-state index < -0.39 is 0 Å². The molecule has 3 aliphatic rings. The second kappa shape index (κ2) is 6.59. The molecule has 0 atom stereocenters. The van der Waals surface area contributed by atoms with Gasteiger partial charge >= 0.3 is 0 Å². The molecule has 0 unspecified atom stereocenters. The predicted molar refractivity (Wildman–Crippen MR) is 95.1 cm³/mol. The van der Waals surface area contributed by atoms with Gasteiger partial charge in [0.25, 0.3) is 0 Å². The SMILES string of the molecule is N#CC1=C(N)N(c2ccccc2N2CCOCC2)N=C2COCC=C21. The van der Waals surface area contributed by atoms with Crippen LogP contribution in [-0.2, 0) is 9.47 Å². The van der Waals surface area contributed by atoms with Crippen molar-refractivity contribution in [1.29, 1.82) is 5.26 Å². The zero-order valence-corrected chi connectivity index (χ0v) is 13.8. The van der Waals surface area contributed by atoms with Crippen LogP contribution in [0.25, 0.3) is 0 Å². The Labute approximate surface area is 146 Å². The minimum Gasteiger partial charge on any atom is -0.383 e. The van der Waals surface area contributed by atoms with E-state index in [0.29, 0.717) is 37.8 Å². The Morgan fingerprint density at radius 1 is 1.12 bits per heavy atom. The van der Waals surface area contributed by atoms with Gasteiger partial charge < -0.3 is 20.1 Å². The fourth-order valence-corrected chi connectivity index (χ4v) is 3.26. The summed E-state index contributed by atoms with van der Waals surface area (Å²) in [4.78, 5) is 2.25. The Morgan fingerprint density at radius 2 is 1.88 bits per heavy atom. The summed E-state index contributed by atoms with van der Waals surface area (Å²) < 4.78 is 10.9. The Balaban J connectivity index is 1.79. The summed E-state index contributed by atoms with van der Waals surface area (Å²) in [6.07, 6.45) is 1.86. The third-order valence-corrected chi connectivity index (χ3v) is 4.50. The Kier molecular flexibility index (Phi) is 4.14. The van der Waals surface area contributed by atoms with Crippen LogP contribution in [0.2, 0.25) is 0 Å². The first-order valence-electron chi connectivity index (χ1n) is 8.27. The lowest BCUT2D eigenvalue weighted by Crippen LogP contribution is -2.39. The van der Waals surface area contributed by atoms with E-state index in [9.17, 15) is 5.26 Å². The molecule has 0 aliphatic carbocycles. The average molecular weight is 337 g/mol. The van der Waals surface area contributed by atoms with Crippen molar-refractivity contribution in [1.82, 2.24) is 0 Å². The molecular formula is C18H19N5O2. The van der Waals surface area contributed by atoms with Crippen molar-refractivity contribution in [3.8, 4) is 6.07 Å². The molecule has 128 valence electrons. The number of hydrazone groups is 1. The first kappa shape index (κ1) is 15.7. The number of nitrogens with two attached hydrogens (primary N) is 1. The number of nitriles is 1. The second-order valence-electron chi connectivity index (χ2n) is 5.95. The number of nitrogens with zero attached hydrogens (tertiary/aromatic N) is 4. The molecule has 0 spiro atoms. The number of hydrogen-bond acceptors (Lipinski definition) is 7. The average Bonchev–Trinajstić information content (AvgIpc) is 2.68. The molecule has 7 heteroatoms. The molecule has 0 bridgehead atoms. The lowest BCUT2D eigenvalue weighted by Gasteiger charge is -2.34. The van der Waals surface area contributed by atoms with Crippen LogP contribution in [0.15, 0.2) is 52.4 Å². The molecule has 1 fully saturated rings. The van der Waals surface area contributed by atoms with Gasteiger partial charge in [0.1, 0.15) is 17.5 Å². The molecule has 0 radical (unpaired) electrons. The van der Waals surface area contributed by atoms with E-state index in [1.807, 2.05) is 30.3 Å². The van der Waals surface area contributed by atoms with Crippen LogP contribution in [0.4, 0.5) is 11.4 Å². The highest BCUT2D eigenvalue weighted by atomic mass is 16.5. The Morgan fingerprint density at radius 3 is 2.64 bits per heavy atom. The van der Waals surface area contributed by atoms with Gasteiger partial charge in [-0.25, -0.2) is 5.01 Å². The van der Waals surface area contributed by atoms with Crippen LogP contribution in [0.1, 0.15) is 0 Å². The molecule has 3 aliphatic heterocycles. The van der Waals surface area contributed by atoms with Crippen LogP contribution in [0, 0.1) is 11.3 Å². The van der Waals surface area contributed by atoms with Crippen LogP contribution in [-0.4, -0.2) is 45.2 Å². The smallest absolute Gasteiger partial charge is 0.144 e. The third-order valence-electron chi connectivity index (χ3n) is 4.50. The summed E-state index contributed by atoms with van der Waals surface area (Å²) in [6, 6.07) is 10.2. The van der Waals surface area contributed by atoms with Crippen LogP contribution in [0.3, 0.4) is 0 Å². The molecule has 2 N–H and O–H groups in total. The minimum absolute atomic E-state index is 0.347. The van der Waals surface area contributed by atoms with Gasteiger partial charge in [-0.05, 0) is 18.2 Å². The van der Waals surface area contributed by atoms with E-state index in [1.54, 1.807) is 5.01 Å². The van der Waals surface area contributed by atoms with Crippen molar-refractivity contribution in [2.24, 2.45) is 10.8 Å². The zero-order valence-electron chi connectivity index (χ0n) is 13.8. The van der Waals surface area contributed by atoms with E-state index in [-0.39, 0.29) is 0 Å². The largest absolute Gasteiger partial charge is 0.383 e. The Bertz CT molecular complexity index is 815. The summed E-state index contributed by atoms with van der Waals surface area (Å²) in [7, 11) is 0. The van der Waals surface area contributed by atoms with Crippen LogP contribution >= 0.6 is 0 Å². The van der Waals surface area contributed by atoms with Gasteiger partial charge in [-0.1, -0.05) is 12.1 Å². The Hall–Kier alpha value is -2.82. The van der Waals surface area contributed by atoms with Crippen molar-refractivity contribution in [2.45, 2.75) is 0 Å². The second-order valence-corrected chi connectivity index (χ2v) is 5.95. The number of hydrogen-bond donors (Lipinski definition) is 1. The van der Waals surface area contributed by atoms with E-state index >= 15 is 0 Å². The van der Waals surface area contributed by atoms with Crippen molar-refractivity contribution in [2.75, 3.05) is 49.4 Å².